The summed E-state index contributed by atoms with van der Waals surface area (Å²) >= 11 is 1.47. The number of anilines is 1. The van der Waals surface area contributed by atoms with E-state index in [0.717, 1.165) is 21.9 Å². The molecule has 0 amide bonds. The lowest BCUT2D eigenvalue weighted by molar-refractivity contribution is 0.630. The minimum Gasteiger partial charge on any atom is -0.357 e. The van der Waals surface area contributed by atoms with Gasteiger partial charge in [-0.25, -0.2) is 9.37 Å². The first-order valence-corrected chi connectivity index (χ1v) is 6.47. The van der Waals surface area contributed by atoms with E-state index in [1.807, 2.05) is 18.2 Å². The second kappa shape index (κ2) is 4.74. The molecule has 90 valence electrons. The van der Waals surface area contributed by atoms with Crippen molar-refractivity contribution in [3.8, 4) is 0 Å². The average Bonchev–Trinajstić information content (AvgIpc) is 2.79. The maximum Gasteiger partial charge on any atom is 0.184 e. The molecule has 0 radical (unpaired) electrons. The Labute approximate surface area is 108 Å². The smallest absolute Gasteiger partial charge is 0.184 e. The van der Waals surface area contributed by atoms with Crippen LogP contribution in [-0.2, 0) is 6.54 Å². The summed E-state index contributed by atoms with van der Waals surface area (Å²) in [6.07, 6.45) is 0. The van der Waals surface area contributed by atoms with E-state index in [1.54, 1.807) is 6.07 Å². The lowest BCUT2D eigenvalue weighted by atomic mass is 10.2. The van der Waals surface area contributed by atoms with E-state index >= 15 is 0 Å². The molecule has 1 heterocycles. The molecule has 0 aliphatic rings. The topological polar surface area (TPSA) is 24.9 Å². The molecule has 1 aromatic heterocycles. The van der Waals surface area contributed by atoms with Gasteiger partial charge in [0.2, 0.25) is 0 Å². The van der Waals surface area contributed by atoms with Gasteiger partial charge in [-0.15, -0.1) is 0 Å². The Bertz CT molecular complexity index is 664. The van der Waals surface area contributed by atoms with Crippen molar-refractivity contribution < 1.29 is 4.39 Å². The second-order valence-electron chi connectivity index (χ2n) is 3.97. The van der Waals surface area contributed by atoms with Crippen LogP contribution in [-0.4, -0.2) is 4.98 Å². The Hall–Kier alpha value is -1.94. The molecule has 0 aliphatic carbocycles. The molecule has 0 saturated carbocycles. The molecule has 1 N–H and O–H groups in total. The maximum absolute atomic E-state index is 13.1. The standard InChI is InChI=1S/C14H11FN2S/c15-11-6-7-12-13(8-11)18-14(17-12)16-9-10-4-2-1-3-5-10/h1-8H,9H2,(H,16,17). The Morgan fingerprint density at radius 1 is 1.11 bits per heavy atom. The number of nitrogens with zero attached hydrogens (tertiary/aromatic N) is 1. The highest BCUT2D eigenvalue weighted by atomic mass is 32.1. The Balaban J connectivity index is 1.79. The van der Waals surface area contributed by atoms with E-state index in [-0.39, 0.29) is 5.82 Å². The fourth-order valence-electron chi connectivity index (χ4n) is 1.75. The van der Waals surface area contributed by atoms with Crippen molar-refractivity contribution in [1.82, 2.24) is 4.98 Å². The molecular weight excluding hydrogens is 247 g/mol. The van der Waals surface area contributed by atoms with Crippen molar-refractivity contribution in [2.24, 2.45) is 0 Å². The number of aromatic nitrogens is 1. The van der Waals surface area contributed by atoms with E-state index in [4.69, 9.17) is 0 Å². The SMILES string of the molecule is Fc1ccc2nc(NCc3ccccc3)sc2c1. The van der Waals surface area contributed by atoms with Crippen LogP contribution in [0.25, 0.3) is 10.2 Å². The lowest BCUT2D eigenvalue weighted by Gasteiger charge is -2.01. The van der Waals surface area contributed by atoms with Gasteiger partial charge in [0.05, 0.1) is 10.2 Å². The fraction of sp³-hybridized carbons (Fsp3) is 0.0714. The third kappa shape index (κ3) is 2.33. The van der Waals surface area contributed by atoms with Gasteiger partial charge in [0.25, 0.3) is 0 Å². The summed E-state index contributed by atoms with van der Waals surface area (Å²) in [5, 5.41) is 4.07. The van der Waals surface area contributed by atoms with Crippen LogP contribution in [0.3, 0.4) is 0 Å². The normalized spacial score (nSPS) is 10.7. The molecule has 2 nitrogen and oxygen atoms in total. The van der Waals surface area contributed by atoms with Gasteiger partial charge < -0.3 is 5.32 Å². The van der Waals surface area contributed by atoms with Crippen LogP contribution in [0.5, 0.6) is 0 Å². The van der Waals surface area contributed by atoms with Gasteiger partial charge in [-0.1, -0.05) is 41.7 Å². The Kier molecular flexibility index (Phi) is 2.94. The second-order valence-corrected chi connectivity index (χ2v) is 5.00. The molecule has 0 fully saturated rings. The van der Waals surface area contributed by atoms with Gasteiger partial charge in [-0.3, -0.25) is 0 Å². The van der Waals surface area contributed by atoms with Crippen molar-refractivity contribution in [2.75, 3.05) is 5.32 Å². The highest BCUT2D eigenvalue weighted by Crippen LogP contribution is 2.26. The van der Waals surface area contributed by atoms with Crippen LogP contribution in [0.4, 0.5) is 9.52 Å². The van der Waals surface area contributed by atoms with Crippen molar-refractivity contribution in [3.63, 3.8) is 0 Å². The summed E-state index contributed by atoms with van der Waals surface area (Å²) in [4.78, 5) is 4.41. The zero-order chi connectivity index (χ0) is 12.4. The summed E-state index contributed by atoms with van der Waals surface area (Å²) in [5.41, 5.74) is 2.03. The van der Waals surface area contributed by atoms with Crippen LogP contribution < -0.4 is 5.32 Å². The summed E-state index contributed by atoms with van der Waals surface area (Å²) < 4.78 is 13.9. The summed E-state index contributed by atoms with van der Waals surface area (Å²) in [6, 6.07) is 14.8. The first kappa shape index (κ1) is 11.2. The highest BCUT2D eigenvalue weighted by molar-refractivity contribution is 7.22. The predicted octanol–water partition coefficient (Wildman–Crippen LogP) is 4.05. The van der Waals surface area contributed by atoms with Gasteiger partial charge in [-0.05, 0) is 23.8 Å². The number of hydrogen-bond acceptors (Lipinski definition) is 3. The Morgan fingerprint density at radius 2 is 1.94 bits per heavy atom. The first-order valence-electron chi connectivity index (χ1n) is 5.65. The molecule has 18 heavy (non-hydrogen) atoms. The molecule has 0 atom stereocenters. The van der Waals surface area contributed by atoms with Crippen molar-refractivity contribution in [1.29, 1.82) is 0 Å². The predicted molar refractivity (Wildman–Crippen MR) is 73.3 cm³/mol. The summed E-state index contributed by atoms with van der Waals surface area (Å²) in [5.74, 6) is -0.222. The summed E-state index contributed by atoms with van der Waals surface area (Å²) in [7, 11) is 0. The number of nitrogens with one attached hydrogen (secondary N) is 1. The zero-order valence-corrected chi connectivity index (χ0v) is 10.4. The fourth-order valence-corrected chi connectivity index (χ4v) is 2.63. The molecule has 4 heteroatoms. The molecule has 0 bridgehead atoms. The molecule has 0 aliphatic heterocycles. The lowest BCUT2D eigenvalue weighted by Crippen LogP contribution is -1.97. The largest absolute Gasteiger partial charge is 0.357 e. The van der Waals surface area contributed by atoms with E-state index in [1.165, 1.54) is 29.0 Å². The van der Waals surface area contributed by atoms with Crippen molar-refractivity contribution in [2.45, 2.75) is 6.54 Å². The number of thiazole rings is 1. The number of hydrogen-bond donors (Lipinski definition) is 1. The van der Waals surface area contributed by atoms with Gasteiger partial charge in [0.1, 0.15) is 5.82 Å². The van der Waals surface area contributed by atoms with Gasteiger partial charge in [0, 0.05) is 6.54 Å². The molecular formula is C14H11FN2S. The van der Waals surface area contributed by atoms with Crippen LogP contribution >= 0.6 is 11.3 Å². The average molecular weight is 258 g/mol. The third-order valence-electron chi connectivity index (χ3n) is 2.64. The van der Waals surface area contributed by atoms with E-state index < -0.39 is 0 Å². The van der Waals surface area contributed by atoms with E-state index in [0.29, 0.717) is 0 Å². The van der Waals surface area contributed by atoms with Crippen molar-refractivity contribution in [3.05, 3.63) is 59.9 Å². The van der Waals surface area contributed by atoms with Gasteiger partial charge in [-0.2, -0.15) is 0 Å². The van der Waals surface area contributed by atoms with E-state index in [2.05, 4.69) is 22.4 Å². The van der Waals surface area contributed by atoms with Gasteiger partial charge in [0.15, 0.2) is 5.13 Å². The first-order chi connectivity index (χ1) is 8.81. The number of halogens is 1. The highest BCUT2D eigenvalue weighted by Gasteiger charge is 2.04. The molecule has 3 aromatic rings. The van der Waals surface area contributed by atoms with Crippen LogP contribution in [0.2, 0.25) is 0 Å². The quantitative estimate of drug-likeness (QED) is 0.766. The summed E-state index contributed by atoms with van der Waals surface area (Å²) in [6.45, 7) is 0.725. The number of benzene rings is 2. The monoisotopic (exact) mass is 258 g/mol. The van der Waals surface area contributed by atoms with Gasteiger partial charge >= 0.3 is 0 Å². The van der Waals surface area contributed by atoms with Crippen LogP contribution in [0.1, 0.15) is 5.56 Å². The van der Waals surface area contributed by atoms with Crippen LogP contribution in [0, 0.1) is 5.82 Å². The van der Waals surface area contributed by atoms with E-state index in [9.17, 15) is 4.39 Å². The third-order valence-corrected chi connectivity index (χ3v) is 3.61. The number of rotatable bonds is 3. The number of fused-ring (bicyclic) bond motifs is 1. The minimum absolute atomic E-state index is 0.222. The minimum atomic E-state index is -0.222. The zero-order valence-electron chi connectivity index (χ0n) is 9.56. The van der Waals surface area contributed by atoms with Crippen molar-refractivity contribution >= 4 is 26.7 Å². The maximum atomic E-state index is 13.1. The molecule has 3 rings (SSSR count). The molecule has 0 saturated heterocycles. The van der Waals surface area contributed by atoms with Crippen LogP contribution in [0.15, 0.2) is 48.5 Å². The Morgan fingerprint density at radius 3 is 2.78 bits per heavy atom. The molecule has 0 unspecified atom stereocenters. The molecule has 2 aromatic carbocycles. The molecule has 0 spiro atoms.